The molecule has 28 heavy (non-hydrogen) atoms. The van der Waals surface area contributed by atoms with Crippen molar-refractivity contribution in [3.8, 4) is 11.5 Å². The summed E-state index contributed by atoms with van der Waals surface area (Å²) in [5.41, 5.74) is 8.54. The van der Waals surface area contributed by atoms with Crippen molar-refractivity contribution in [2.45, 2.75) is 25.3 Å². The first-order valence-electron chi connectivity index (χ1n) is 9.19. The molecular weight excluding hydrogens is 356 g/mol. The zero-order chi connectivity index (χ0) is 19.9. The second-order valence-corrected chi connectivity index (χ2v) is 6.72. The first-order valence-corrected chi connectivity index (χ1v) is 9.19. The van der Waals surface area contributed by atoms with Crippen LogP contribution in [0.3, 0.4) is 0 Å². The molecule has 146 valence electrons. The number of carbonyl (C=O) groups excluding carboxylic acids is 2. The van der Waals surface area contributed by atoms with Gasteiger partial charge in [0.1, 0.15) is 0 Å². The first-order chi connectivity index (χ1) is 13.5. The van der Waals surface area contributed by atoms with Gasteiger partial charge >= 0.3 is 0 Å². The van der Waals surface area contributed by atoms with Gasteiger partial charge in [0.2, 0.25) is 5.91 Å². The molecule has 0 spiro atoms. The third-order valence-corrected chi connectivity index (χ3v) is 4.68. The molecule has 1 atom stereocenters. The van der Waals surface area contributed by atoms with Crippen molar-refractivity contribution in [3.05, 3.63) is 65.2 Å². The Morgan fingerprint density at radius 2 is 1.96 bits per heavy atom. The third-order valence-electron chi connectivity index (χ3n) is 4.68. The molecule has 0 aliphatic heterocycles. The van der Waals surface area contributed by atoms with Crippen molar-refractivity contribution in [2.24, 2.45) is 5.73 Å². The molecule has 1 aliphatic rings. The van der Waals surface area contributed by atoms with E-state index in [1.807, 2.05) is 6.07 Å². The summed E-state index contributed by atoms with van der Waals surface area (Å²) >= 11 is 0. The van der Waals surface area contributed by atoms with Gasteiger partial charge in [-0.2, -0.15) is 0 Å². The Hall–Kier alpha value is -3.28. The molecule has 0 radical (unpaired) electrons. The van der Waals surface area contributed by atoms with Crippen LogP contribution in [0.4, 0.5) is 0 Å². The normalized spacial score (nSPS) is 15.7. The van der Waals surface area contributed by atoms with Gasteiger partial charge in [-0.3, -0.25) is 9.59 Å². The van der Waals surface area contributed by atoms with Crippen LogP contribution in [0.15, 0.2) is 48.5 Å². The summed E-state index contributed by atoms with van der Waals surface area (Å²) in [6.45, 7) is -0.224. The minimum Gasteiger partial charge on any atom is -0.493 e. The summed E-state index contributed by atoms with van der Waals surface area (Å²) in [4.78, 5) is 23.1. The molecule has 0 bridgehead atoms. The van der Waals surface area contributed by atoms with E-state index in [1.165, 1.54) is 24.3 Å². The Balaban J connectivity index is 1.59. The molecule has 0 saturated carbocycles. The van der Waals surface area contributed by atoms with Crippen LogP contribution in [0.5, 0.6) is 11.5 Å². The fourth-order valence-corrected chi connectivity index (χ4v) is 3.30. The third kappa shape index (κ3) is 5.13. The summed E-state index contributed by atoms with van der Waals surface area (Å²) in [5, 5.41) is 3.07. The van der Waals surface area contributed by atoms with Gasteiger partial charge in [0.25, 0.3) is 5.91 Å². The Kier molecular flexibility index (Phi) is 6.32. The molecule has 2 amide bonds. The number of methoxy groups -OCH3 is 1. The Bertz CT molecular complexity index is 892. The van der Waals surface area contributed by atoms with Gasteiger partial charge in [0.05, 0.1) is 7.11 Å². The van der Waals surface area contributed by atoms with Crippen molar-refractivity contribution in [2.75, 3.05) is 13.7 Å². The van der Waals surface area contributed by atoms with Crippen molar-refractivity contribution in [3.63, 3.8) is 0 Å². The molecule has 0 aromatic heterocycles. The van der Waals surface area contributed by atoms with Crippen molar-refractivity contribution >= 4 is 17.9 Å². The van der Waals surface area contributed by atoms with E-state index in [9.17, 15) is 9.59 Å². The predicted molar refractivity (Wildman–Crippen MR) is 107 cm³/mol. The Morgan fingerprint density at radius 3 is 2.71 bits per heavy atom. The smallest absolute Gasteiger partial charge is 0.255 e. The van der Waals surface area contributed by atoms with E-state index in [0.29, 0.717) is 11.5 Å². The van der Waals surface area contributed by atoms with E-state index in [0.717, 1.165) is 24.8 Å². The van der Waals surface area contributed by atoms with Crippen LogP contribution in [-0.4, -0.2) is 31.6 Å². The van der Waals surface area contributed by atoms with Gasteiger partial charge in [0.15, 0.2) is 18.1 Å². The molecule has 2 aromatic carbocycles. The molecule has 2 aromatic rings. The maximum absolute atomic E-state index is 12.3. The molecule has 1 aliphatic carbocycles. The summed E-state index contributed by atoms with van der Waals surface area (Å²) in [6.07, 6.45) is 6.01. The second kappa shape index (κ2) is 9.08. The fourth-order valence-electron chi connectivity index (χ4n) is 3.30. The lowest BCUT2D eigenvalue weighted by Gasteiger charge is -2.25. The number of benzene rings is 2. The zero-order valence-corrected chi connectivity index (χ0v) is 15.8. The number of fused-ring (bicyclic) bond motifs is 1. The van der Waals surface area contributed by atoms with Crippen LogP contribution in [0.25, 0.3) is 6.08 Å². The van der Waals surface area contributed by atoms with Crippen molar-refractivity contribution in [1.29, 1.82) is 0 Å². The average molecular weight is 380 g/mol. The van der Waals surface area contributed by atoms with Crippen LogP contribution < -0.4 is 20.5 Å². The first kappa shape index (κ1) is 19.5. The van der Waals surface area contributed by atoms with E-state index in [-0.39, 0.29) is 18.6 Å². The number of hydrogen-bond donors (Lipinski definition) is 2. The van der Waals surface area contributed by atoms with Gasteiger partial charge in [-0.15, -0.1) is 0 Å². The lowest BCUT2D eigenvalue weighted by atomic mass is 9.88. The topological polar surface area (TPSA) is 90.7 Å². The zero-order valence-electron chi connectivity index (χ0n) is 15.8. The van der Waals surface area contributed by atoms with E-state index < -0.39 is 5.91 Å². The second-order valence-electron chi connectivity index (χ2n) is 6.72. The van der Waals surface area contributed by atoms with Gasteiger partial charge in [-0.05, 0) is 54.2 Å². The molecule has 1 unspecified atom stereocenters. The van der Waals surface area contributed by atoms with Gasteiger partial charge in [-0.25, -0.2) is 0 Å². The monoisotopic (exact) mass is 380 g/mol. The van der Waals surface area contributed by atoms with E-state index in [2.05, 4.69) is 23.5 Å². The van der Waals surface area contributed by atoms with Gasteiger partial charge in [-0.1, -0.05) is 30.3 Å². The highest BCUT2D eigenvalue weighted by atomic mass is 16.5. The number of aryl methyl sites for hydroxylation is 1. The molecule has 0 saturated heterocycles. The SMILES string of the molecule is COc1cc(/C=C/C(=O)NC2CCc3ccccc3C2)ccc1OCC(N)=O. The lowest BCUT2D eigenvalue weighted by Crippen LogP contribution is -2.37. The van der Waals surface area contributed by atoms with Gasteiger partial charge in [0, 0.05) is 12.1 Å². The molecule has 0 heterocycles. The highest BCUT2D eigenvalue weighted by Crippen LogP contribution is 2.28. The number of hydrogen-bond acceptors (Lipinski definition) is 4. The average Bonchev–Trinajstić information content (AvgIpc) is 2.70. The molecule has 0 fully saturated rings. The Morgan fingerprint density at radius 1 is 1.18 bits per heavy atom. The van der Waals surface area contributed by atoms with Crippen LogP contribution in [-0.2, 0) is 22.4 Å². The standard InChI is InChI=1S/C22H24N2O4/c1-27-20-12-15(6-10-19(20)28-14-21(23)25)7-11-22(26)24-18-9-8-16-4-2-3-5-17(16)13-18/h2-7,10-12,18H,8-9,13-14H2,1H3,(H2,23,25)(H,24,26)/b11-7+. The maximum Gasteiger partial charge on any atom is 0.255 e. The van der Waals surface area contributed by atoms with Gasteiger partial charge < -0.3 is 20.5 Å². The summed E-state index contributed by atoms with van der Waals surface area (Å²) in [6, 6.07) is 13.7. The molecular formula is C22H24N2O4. The Labute approximate surface area is 164 Å². The highest BCUT2D eigenvalue weighted by molar-refractivity contribution is 5.92. The number of rotatable bonds is 7. The summed E-state index contributed by atoms with van der Waals surface area (Å²) in [7, 11) is 1.51. The number of ether oxygens (including phenoxy) is 2. The predicted octanol–water partition coefficient (Wildman–Crippen LogP) is 2.25. The van der Waals surface area contributed by atoms with Crippen molar-refractivity contribution in [1.82, 2.24) is 5.32 Å². The number of amides is 2. The molecule has 3 N–H and O–H groups in total. The van der Waals surface area contributed by atoms with E-state index in [1.54, 1.807) is 24.3 Å². The van der Waals surface area contributed by atoms with Crippen LogP contribution in [0.1, 0.15) is 23.1 Å². The van der Waals surface area contributed by atoms with Crippen molar-refractivity contribution < 1.29 is 19.1 Å². The maximum atomic E-state index is 12.3. The summed E-state index contributed by atoms with van der Waals surface area (Å²) in [5.74, 6) is 0.196. The van der Waals surface area contributed by atoms with Crippen LogP contribution in [0, 0.1) is 0 Å². The number of primary amides is 1. The fraction of sp³-hybridized carbons (Fsp3) is 0.273. The minimum atomic E-state index is -0.562. The number of carbonyl (C=O) groups is 2. The molecule has 6 heteroatoms. The molecule has 6 nitrogen and oxygen atoms in total. The summed E-state index contributed by atoms with van der Waals surface area (Å²) < 4.78 is 10.6. The number of nitrogens with one attached hydrogen (secondary N) is 1. The van der Waals surface area contributed by atoms with Crippen LogP contribution in [0.2, 0.25) is 0 Å². The molecule has 3 rings (SSSR count). The minimum absolute atomic E-state index is 0.127. The quantitative estimate of drug-likeness (QED) is 0.721. The number of nitrogens with two attached hydrogens (primary N) is 1. The lowest BCUT2D eigenvalue weighted by molar-refractivity contribution is -0.120. The van der Waals surface area contributed by atoms with E-state index in [4.69, 9.17) is 15.2 Å². The highest BCUT2D eigenvalue weighted by Gasteiger charge is 2.18. The largest absolute Gasteiger partial charge is 0.493 e. The van der Waals surface area contributed by atoms with Crippen LogP contribution >= 0.6 is 0 Å². The van der Waals surface area contributed by atoms with E-state index >= 15 is 0 Å².